The van der Waals surface area contributed by atoms with Gasteiger partial charge in [0, 0.05) is 27.2 Å². The van der Waals surface area contributed by atoms with Crippen molar-refractivity contribution in [3.8, 4) is 17.2 Å². The minimum absolute atomic E-state index is 0.0200. The molecule has 4 rings (SSSR count). The van der Waals surface area contributed by atoms with Gasteiger partial charge in [-0.15, -0.1) is 0 Å². The highest BCUT2D eigenvalue weighted by molar-refractivity contribution is 9.10. The number of carbonyl (C=O) groups is 1. The molecule has 1 aliphatic carbocycles. The van der Waals surface area contributed by atoms with Crippen molar-refractivity contribution < 1.29 is 9.18 Å². The van der Waals surface area contributed by atoms with Gasteiger partial charge in [-0.1, -0.05) is 52.0 Å². The summed E-state index contributed by atoms with van der Waals surface area (Å²) in [4.78, 5) is 17.3. The molecule has 0 saturated heterocycles. The van der Waals surface area contributed by atoms with E-state index >= 15 is 0 Å². The summed E-state index contributed by atoms with van der Waals surface area (Å²) in [6.45, 7) is 0. The SMILES string of the molecule is N#Cc1c(-c2ccc(F)cc2)cc(C2CC2)nc1SCC(=O)c1ccc(Br)cc1. The fraction of sp³-hybridized carbons (Fsp3) is 0.174. The predicted octanol–water partition coefficient (Wildman–Crippen LogP) is 6.37. The van der Waals surface area contributed by atoms with Gasteiger partial charge in [-0.25, -0.2) is 9.37 Å². The summed E-state index contributed by atoms with van der Waals surface area (Å²) in [6.07, 6.45) is 2.15. The van der Waals surface area contributed by atoms with E-state index in [2.05, 4.69) is 22.0 Å². The Bertz CT molecular complexity index is 1100. The number of rotatable bonds is 6. The molecule has 1 aliphatic rings. The number of thioether (sulfide) groups is 1. The number of benzene rings is 2. The molecule has 0 amide bonds. The maximum absolute atomic E-state index is 13.4. The van der Waals surface area contributed by atoms with Gasteiger partial charge in [-0.3, -0.25) is 4.79 Å². The molecule has 1 fully saturated rings. The predicted molar refractivity (Wildman–Crippen MR) is 116 cm³/mol. The second-order valence-corrected chi connectivity index (χ2v) is 8.77. The molecule has 3 aromatic rings. The highest BCUT2D eigenvalue weighted by Gasteiger charge is 2.27. The smallest absolute Gasteiger partial charge is 0.173 e. The molecule has 2 aromatic carbocycles. The van der Waals surface area contributed by atoms with Crippen LogP contribution in [0.15, 0.2) is 64.1 Å². The van der Waals surface area contributed by atoms with Gasteiger partial charge in [-0.2, -0.15) is 5.26 Å². The van der Waals surface area contributed by atoms with Crippen LogP contribution in [0.4, 0.5) is 4.39 Å². The Morgan fingerprint density at radius 3 is 2.48 bits per heavy atom. The van der Waals surface area contributed by atoms with Crippen molar-refractivity contribution in [3.63, 3.8) is 0 Å². The maximum atomic E-state index is 13.4. The third kappa shape index (κ3) is 4.58. The van der Waals surface area contributed by atoms with Crippen LogP contribution in [0.2, 0.25) is 0 Å². The van der Waals surface area contributed by atoms with E-state index in [9.17, 15) is 14.4 Å². The molecule has 0 unspecified atom stereocenters. The molecule has 29 heavy (non-hydrogen) atoms. The lowest BCUT2D eigenvalue weighted by Crippen LogP contribution is -2.04. The molecule has 0 N–H and O–H groups in total. The van der Waals surface area contributed by atoms with E-state index in [1.807, 2.05) is 18.2 Å². The van der Waals surface area contributed by atoms with E-state index in [0.29, 0.717) is 22.1 Å². The molecule has 0 atom stereocenters. The van der Waals surface area contributed by atoms with Crippen LogP contribution >= 0.6 is 27.7 Å². The van der Waals surface area contributed by atoms with Crippen LogP contribution in [0.25, 0.3) is 11.1 Å². The Balaban J connectivity index is 1.66. The number of hydrogen-bond acceptors (Lipinski definition) is 4. The zero-order valence-corrected chi connectivity index (χ0v) is 17.8. The van der Waals surface area contributed by atoms with Crippen LogP contribution in [0.5, 0.6) is 0 Å². The van der Waals surface area contributed by atoms with Crippen molar-refractivity contribution in [2.24, 2.45) is 0 Å². The number of carbonyl (C=O) groups excluding carboxylic acids is 1. The molecule has 0 bridgehead atoms. The Hall–Kier alpha value is -2.49. The molecule has 1 saturated carbocycles. The van der Waals surface area contributed by atoms with Gasteiger partial charge in [0.15, 0.2) is 5.78 Å². The van der Waals surface area contributed by atoms with Crippen LogP contribution in [0.1, 0.15) is 40.4 Å². The quantitative estimate of drug-likeness (QED) is 0.312. The van der Waals surface area contributed by atoms with Crippen molar-refractivity contribution in [2.75, 3.05) is 5.75 Å². The molecule has 6 heteroatoms. The van der Waals surface area contributed by atoms with Crippen molar-refractivity contribution in [2.45, 2.75) is 23.8 Å². The highest BCUT2D eigenvalue weighted by atomic mass is 79.9. The van der Waals surface area contributed by atoms with Gasteiger partial charge < -0.3 is 0 Å². The van der Waals surface area contributed by atoms with Gasteiger partial charge in [0.2, 0.25) is 0 Å². The number of nitriles is 1. The third-order valence-electron chi connectivity index (χ3n) is 4.77. The summed E-state index contributed by atoms with van der Waals surface area (Å²) in [7, 11) is 0. The third-order valence-corrected chi connectivity index (χ3v) is 6.28. The Morgan fingerprint density at radius 1 is 1.17 bits per heavy atom. The van der Waals surface area contributed by atoms with Crippen LogP contribution in [-0.4, -0.2) is 16.5 Å². The van der Waals surface area contributed by atoms with Gasteiger partial charge >= 0.3 is 0 Å². The minimum atomic E-state index is -0.321. The zero-order chi connectivity index (χ0) is 20.4. The summed E-state index contributed by atoms with van der Waals surface area (Å²) in [6, 6.07) is 17.5. The molecule has 1 heterocycles. The molecule has 3 nitrogen and oxygen atoms in total. The molecule has 144 valence electrons. The second kappa shape index (κ2) is 8.48. The molecular formula is C23H16BrFN2OS. The van der Waals surface area contributed by atoms with E-state index in [4.69, 9.17) is 4.98 Å². The number of aromatic nitrogens is 1. The van der Waals surface area contributed by atoms with Crippen molar-refractivity contribution in [1.82, 2.24) is 4.98 Å². The molecular weight excluding hydrogens is 451 g/mol. The van der Waals surface area contributed by atoms with E-state index in [1.54, 1.807) is 24.3 Å². The fourth-order valence-electron chi connectivity index (χ4n) is 3.05. The fourth-order valence-corrected chi connectivity index (χ4v) is 4.22. The number of nitrogens with zero attached hydrogens (tertiary/aromatic N) is 2. The lowest BCUT2D eigenvalue weighted by Gasteiger charge is -2.12. The Morgan fingerprint density at radius 2 is 1.86 bits per heavy atom. The summed E-state index contributed by atoms with van der Waals surface area (Å²) >= 11 is 4.65. The van der Waals surface area contributed by atoms with E-state index in [-0.39, 0.29) is 17.4 Å². The summed E-state index contributed by atoms with van der Waals surface area (Å²) in [5.41, 5.74) is 3.49. The summed E-state index contributed by atoms with van der Waals surface area (Å²) in [5.74, 6) is 0.246. The largest absolute Gasteiger partial charge is 0.293 e. The number of ketones is 1. The van der Waals surface area contributed by atoms with Gasteiger partial charge in [0.05, 0.1) is 11.3 Å². The summed E-state index contributed by atoms with van der Waals surface area (Å²) < 4.78 is 14.3. The first-order valence-corrected chi connectivity index (χ1v) is 11.0. The van der Waals surface area contributed by atoms with Gasteiger partial charge in [0.1, 0.15) is 16.9 Å². The van der Waals surface area contributed by atoms with E-state index < -0.39 is 0 Å². The van der Waals surface area contributed by atoms with E-state index in [0.717, 1.165) is 34.1 Å². The first-order valence-electron chi connectivity index (χ1n) is 9.17. The first-order chi connectivity index (χ1) is 14.0. The highest BCUT2D eigenvalue weighted by Crippen LogP contribution is 2.42. The number of halogens is 2. The Labute approximate surface area is 181 Å². The number of Topliss-reactive ketones (excluding diaryl/α,β-unsaturated/α-hetero) is 1. The molecule has 0 aliphatic heterocycles. The Kier molecular flexibility index (Phi) is 5.79. The average molecular weight is 467 g/mol. The van der Waals surface area contributed by atoms with Crippen LogP contribution in [0.3, 0.4) is 0 Å². The van der Waals surface area contributed by atoms with Gasteiger partial charge in [-0.05, 0) is 48.7 Å². The molecule has 0 spiro atoms. The first kappa shape index (κ1) is 19.8. The number of pyridine rings is 1. The van der Waals surface area contributed by atoms with Crippen LogP contribution in [0, 0.1) is 17.1 Å². The van der Waals surface area contributed by atoms with Crippen LogP contribution < -0.4 is 0 Å². The average Bonchev–Trinajstić information content (AvgIpc) is 3.58. The molecule has 1 aromatic heterocycles. The van der Waals surface area contributed by atoms with Crippen LogP contribution in [-0.2, 0) is 0 Å². The van der Waals surface area contributed by atoms with Crippen molar-refractivity contribution in [1.29, 1.82) is 5.26 Å². The number of hydrogen-bond donors (Lipinski definition) is 0. The second-order valence-electron chi connectivity index (χ2n) is 6.89. The normalized spacial score (nSPS) is 13.1. The maximum Gasteiger partial charge on any atom is 0.173 e. The minimum Gasteiger partial charge on any atom is -0.293 e. The lowest BCUT2D eigenvalue weighted by molar-refractivity contribution is 0.102. The zero-order valence-electron chi connectivity index (χ0n) is 15.4. The lowest BCUT2D eigenvalue weighted by atomic mass is 10.0. The van der Waals surface area contributed by atoms with Gasteiger partial charge in [0.25, 0.3) is 0 Å². The van der Waals surface area contributed by atoms with E-state index in [1.165, 1.54) is 23.9 Å². The molecule has 0 radical (unpaired) electrons. The topological polar surface area (TPSA) is 53.8 Å². The van der Waals surface area contributed by atoms with Crippen molar-refractivity contribution >= 4 is 33.5 Å². The van der Waals surface area contributed by atoms with Crippen molar-refractivity contribution in [3.05, 3.63) is 81.7 Å². The standard InChI is InChI=1S/C23H16BrFN2OS/c24-17-7-3-16(4-8-17)22(28)13-29-23-20(12-26)19(11-21(27-23)15-1-2-15)14-5-9-18(25)10-6-14/h3-11,15H,1-2,13H2. The summed E-state index contributed by atoms with van der Waals surface area (Å²) in [5, 5.41) is 10.4. The monoisotopic (exact) mass is 466 g/mol.